The lowest BCUT2D eigenvalue weighted by molar-refractivity contribution is 0.0916. The van der Waals surface area contributed by atoms with Crippen molar-refractivity contribution in [2.45, 2.75) is 37.8 Å². The Hall–Kier alpha value is -1.88. The summed E-state index contributed by atoms with van der Waals surface area (Å²) in [6.07, 6.45) is 3.51. The molecule has 1 fully saturated rings. The second kappa shape index (κ2) is 8.21. The van der Waals surface area contributed by atoms with Gasteiger partial charge in [-0.15, -0.1) is 0 Å². The number of hydrogen-bond donors (Lipinski definition) is 2. The first kappa shape index (κ1) is 18.9. The molecule has 1 saturated carbocycles. The Balaban J connectivity index is 1.82. The van der Waals surface area contributed by atoms with Crippen molar-refractivity contribution in [1.82, 2.24) is 5.32 Å². The Kier molecular flexibility index (Phi) is 5.97. The topological polar surface area (TPSA) is 72.2 Å². The van der Waals surface area contributed by atoms with Crippen LogP contribution in [0, 0.1) is 0 Å². The molecule has 2 aromatic carbocycles. The molecule has 1 aliphatic carbocycles. The van der Waals surface area contributed by atoms with E-state index in [0.717, 1.165) is 25.7 Å². The second-order valence-corrected chi connectivity index (χ2v) is 7.40. The average Bonchev–Trinajstić information content (AvgIpc) is 2.65. The molecule has 0 bridgehead atoms. The molecule has 136 valence electrons. The second-order valence-electron chi connectivity index (χ2n) is 6.59. The normalized spacial score (nSPS) is 19.8. The molecule has 26 heavy (non-hydrogen) atoms. The predicted molar refractivity (Wildman–Crippen MR) is 104 cm³/mol. The van der Waals surface area contributed by atoms with E-state index < -0.39 is 0 Å². The van der Waals surface area contributed by atoms with Crippen LogP contribution >= 0.6 is 23.2 Å². The van der Waals surface area contributed by atoms with Gasteiger partial charge in [0.2, 0.25) is 0 Å². The lowest BCUT2D eigenvalue weighted by Crippen LogP contribution is -2.40. The number of nitrogens with two attached hydrogens (primary N) is 1. The minimum absolute atomic E-state index is 0.0930. The van der Waals surface area contributed by atoms with Crippen molar-refractivity contribution < 1.29 is 9.59 Å². The van der Waals surface area contributed by atoms with E-state index in [9.17, 15) is 9.59 Å². The van der Waals surface area contributed by atoms with Crippen molar-refractivity contribution in [3.63, 3.8) is 0 Å². The molecule has 1 amide bonds. The van der Waals surface area contributed by atoms with Crippen LogP contribution in [0.15, 0.2) is 42.5 Å². The van der Waals surface area contributed by atoms with Crippen molar-refractivity contribution in [2.24, 2.45) is 5.73 Å². The number of ketones is 1. The quantitative estimate of drug-likeness (QED) is 0.767. The molecule has 0 spiro atoms. The van der Waals surface area contributed by atoms with Crippen molar-refractivity contribution in [3.8, 4) is 0 Å². The zero-order valence-corrected chi connectivity index (χ0v) is 15.7. The van der Waals surface area contributed by atoms with E-state index in [1.807, 2.05) is 0 Å². The highest BCUT2D eigenvalue weighted by molar-refractivity contribution is 6.42. The van der Waals surface area contributed by atoms with E-state index in [-0.39, 0.29) is 23.8 Å². The lowest BCUT2D eigenvalue weighted by atomic mass is 9.91. The molecule has 3 rings (SSSR count). The van der Waals surface area contributed by atoms with E-state index in [2.05, 4.69) is 5.32 Å². The van der Waals surface area contributed by atoms with Gasteiger partial charge in [0.1, 0.15) is 0 Å². The molecular formula is C20H20Cl2N2O2. The van der Waals surface area contributed by atoms with E-state index in [4.69, 9.17) is 28.9 Å². The number of benzene rings is 2. The summed E-state index contributed by atoms with van der Waals surface area (Å²) < 4.78 is 0. The Morgan fingerprint density at radius 1 is 0.923 bits per heavy atom. The van der Waals surface area contributed by atoms with Crippen molar-refractivity contribution >= 4 is 34.9 Å². The van der Waals surface area contributed by atoms with E-state index >= 15 is 0 Å². The van der Waals surface area contributed by atoms with Crippen LogP contribution in [0.25, 0.3) is 0 Å². The maximum atomic E-state index is 12.9. The number of carbonyl (C=O) groups is 2. The van der Waals surface area contributed by atoms with Gasteiger partial charge in [-0.25, -0.2) is 0 Å². The molecular weight excluding hydrogens is 371 g/mol. The van der Waals surface area contributed by atoms with Gasteiger partial charge in [-0.05, 0) is 49.9 Å². The van der Waals surface area contributed by atoms with E-state index in [1.165, 1.54) is 6.07 Å². The van der Waals surface area contributed by atoms with Gasteiger partial charge in [0.05, 0.1) is 15.6 Å². The monoisotopic (exact) mass is 390 g/mol. The van der Waals surface area contributed by atoms with Gasteiger partial charge >= 0.3 is 0 Å². The minimum atomic E-state index is -0.264. The first-order valence-electron chi connectivity index (χ1n) is 8.61. The fourth-order valence-corrected chi connectivity index (χ4v) is 3.50. The van der Waals surface area contributed by atoms with Gasteiger partial charge in [-0.2, -0.15) is 0 Å². The third-order valence-electron chi connectivity index (χ3n) is 4.71. The number of hydrogen-bond acceptors (Lipinski definition) is 3. The standard InChI is InChI=1S/C20H20Cl2N2O2/c21-17-10-5-12(11-18(17)22)19(25)15-3-1-2-4-16(15)20(26)24-14-8-6-13(23)7-9-14/h1-5,10-11,13-14H,6-9,23H2,(H,24,26). The van der Waals surface area contributed by atoms with Crippen LogP contribution in [0.2, 0.25) is 10.0 Å². The van der Waals surface area contributed by atoms with Gasteiger partial charge in [-0.3, -0.25) is 9.59 Å². The number of amides is 1. The zero-order chi connectivity index (χ0) is 18.7. The Bertz CT molecular complexity index is 830. The molecule has 0 atom stereocenters. The minimum Gasteiger partial charge on any atom is -0.349 e. The molecule has 3 N–H and O–H groups in total. The average molecular weight is 391 g/mol. The molecule has 0 unspecified atom stereocenters. The van der Waals surface area contributed by atoms with Crippen LogP contribution in [-0.2, 0) is 0 Å². The maximum Gasteiger partial charge on any atom is 0.252 e. The highest BCUT2D eigenvalue weighted by Gasteiger charge is 2.23. The molecule has 0 heterocycles. The summed E-state index contributed by atoms with van der Waals surface area (Å²) in [5.74, 6) is -0.505. The highest BCUT2D eigenvalue weighted by atomic mass is 35.5. The fourth-order valence-electron chi connectivity index (χ4n) is 3.20. The maximum absolute atomic E-state index is 12.9. The van der Waals surface area contributed by atoms with Crippen LogP contribution in [0.4, 0.5) is 0 Å². The fraction of sp³-hybridized carbons (Fsp3) is 0.300. The van der Waals surface area contributed by atoms with Gasteiger partial charge < -0.3 is 11.1 Å². The van der Waals surface area contributed by atoms with Gasteiger partial charge in [-0.1, -0.05) is 41.4 Å². The summed E-state index contributed by atoms with van der Waals surface area (Å²) in [6.45, 7) is 0. The van der Waals surface area contributed by atoms with Crippen LogP contribution in [0.5, 0.6) is 0 Å². The number of carbonyl (C=O) groups excluding carboxylic acids is 2. The Morgan fingerprint density at radius 3 is 2.23 bits per heavy atom. The Morgan fingerprint density at radius 2 is 1.58 bits per heavy atom. The summed E-state index contributed by atoms with van der Waals surface area (Å²) >= 11 is 11.9. The summed E-state index contributed by atoms with van der Waals surface area (Å²) in [6, 6.07) is 11.8. The molecule has 2 aromatic rings. The summed E-state index contributed by atoms with van der Waals surface area (Å²) in [4.78, 5) is 25.6. The molecule has 0 saturated heterocycles. The molecule has 0 radical (unpaired) electrons. The van der Waals surface area contributed by atoms with Gasteiger partial charge in [0.15, 0.2) is 5.78 Å². The van der Waals surface area contributed by atoms with Crippen LogP contribution in [-0.4, -0.2) is 23.8 Å². The third-order valence-corrected chi connectivity index (χ3v) is 5.44. The first-order valence-corrected chi connectivity index (χ1v) is 9.36. The van der Waals surface area contributed by atoms with Crippen LogP contribution in [0.3, 0.4) is 0 Å². The summed E-state index contributed by atoms with van der Waals surface area (Å²) in [5.41, 5.74) is 7.01. The SMILES string of the molecule is NC1CCC(NC(=O)c2ccccc2C(=O)c2ccc(Cl)c(Cl)c2)CC1. The van der Waals surface area contributed by atoms with Gasteiger partial charge in [0, 0.05) is 23.2 Å². The molecule has 4 nitrogen and oxygen atoms in total. The molecule has 1 aliphatic rings. The molecule has 0 aliphatic heterocycles. The number of halogens is 2. The van der Waals surface area contributed by atoms with E-state index in [1.54, 1.807) is 36.4 Å². The highest BCUT2D eigenvalue weighted by Crippen LogP contribution is 2.25. The first-order chi connectivity index (χ1) is 12.5. The molecule has 6 heteroatoms. The van der Waals surface area contributed by atoms with E-state index in [0.29, 0.717) is 26.7 Å². The zero-order valence-electron chi connectivity index (χ0n) is 14.2. The Labute approximate surface area is 162 Å². The smallest absolute Gasteiger partial charge is 0.252 e. The van der Waals surface area contributed by atoms with Crippen LogP contribution < -0.4 is 11.1 Å². The van der Waals surface area contributed by atoms with Crippen molar-refractivity contribution in [2.75, 3.05) is 0 Å². The van der Waals surface area contributed by atoms with Crippen molar-refractivity contribution in [1.29, 1.82) is 0 Å². The van der Waals surface area contributed by atoms with Crippen molar-refractivity contribution in [3.05, 3.63) is 69.2 Å². The number of rotatable bonds is 4. The summed E-state index contributed by atoms with van der Waals surface area (Å²) in [7, 11) is 0. The summed E-state index contributed by atoms with van der Waals surface area (Å²) in [5, 5.41) is 3.71. The molecule has 0 aromatic heterocycles. The predicted octanol–water partition coefficient (Wildman–Crippen LogP) is 4.22. The number of nitrogens with one attached hydrogen (secondary N) is 1. The van der Waals surface area contributed by atoms with Crippen LogP contribution in [0.1, 0.15) is 52.0 Å². The third kappa shape index (κ3) is 4.26. The van der Waals surface area contributed by atoms with Gasteiger partial charge in [0.25, 0.3) is 5.91 Å². The lowest BCUT2D eigenvalue weighted by Gasteiger charge is -2.27. The largest absolute Gasteiger partial charge is 0.349 e.